The molecule has 110 valence electrons. The zero-order chi connectivity index (χ0) is 13.1. The second-order valence-electron chi connectivity index (χ2n) is 6.48. The molecule has 0 aromatic rings. The van der Waals surface area contributed by atoms with E-state index in [0.717, 1.165) is 45.5 Å². The zero-order valence-electron chi connectivity index (χ0n) is 11.8. The lowest BCUT2D eigenvalue weighted by Gasteiger charge is -2.44. The van der Waals surface area contributed by atoms with Gasteiger partial charge in [-0.25, -0.2) is 0 Å². The van der Waals surface area contributed by atoms with Gasteiger partial charge >= 0.3 is 0 Å². The minimum absolute atomic E-state index is 0.0709. The fourth-order valence-electron chi connectivity index (χ4n) is 4.04. The molecule has 2 saturated heterocycles. The predicted molar refractivity (Wildman–Crippen MR) is 73.1 cm³/mol. The summed E-state index contributed by atoms with van der Waals surface area (Å²) >= 11 is 0. The van der Waals surface area contributed by atoms with Crippen molar-refractivity contribution in [3.8, 4) is 0 Å². The van der Waals surface area contributed by atoms with Gasteiger partial charge in [0.2, 0.25) is 0 Å². The molecule has 3 aliphatic rings. The Morgan fingerprint density at radius 1 is 1.11 bits per heavy atom. The average molecular weight is 269 g/mol. The maximum Gasteiger partial charge on any atom is 0.0741 e. The Hall–Kier alpha value is -0.160. The Balaban J connectivity index is 1.56. The van der Waals surface area contributed by atoms with E-state index in [1.807, 2.05) is 0 Å². The van der Waals surface area contributed by atoms with E-state index < -0.39 is 0 Å². The maximum absolute atomic E-state index is 9.43. The highest BCUT2D eigenvalue weighted by Gasteiger charge is 2.40. The van der Waals surface area contributed by atoms with Crippen molar-refractivity contribution in [2.75, 3.05) is 26.4 Å². The van der Waals surface area contributed by atoms with Crippen LogP contribution in [0.1, 0.15) is 44.9 Å². The van der Waals surface area contributed by atoms with E-state index in [4.69, 9.17) is 9.47 Å². The van der Waals surface area contributed by atoms with Crippen molar-refractivity contribution in [2.45, 2.75) is 62.6 Å². The summed E-state index contributed by atoms with van der Waals surface area (Å²) in [5.41, 5.74) is 0.0709. The summed E-state index contributed by atoms with van der Waals surface area (Å²) in [5.74, 6) is 0.466. The third-order valence-corrected chi connectivity index (χ3v) is 5.24. The largest absolute Gasteiger partial charge is 0.396 e. The van der Waals surface area contributed by atoms with E-state index in [9.17, 15) is 5.11 Å². The highest BCUT2D eigenvalue weighted by Crippen LogP contribution is 2.35. The molecule has 0 aromatic carbocycles. The average Bonchev–Trinajstić information content (AvgIpc) is 2.87. The van der Waals surface area contributed by atoms with Crippen LogP contribution >= 0.6 is 0 Å². The predicted octanol–water partition coefficient (Wildman–Crippen LogP) is 1.47. The smallest absolute Gasteiger partial charge is 0.0741 e. The van der Waals surface area contributed by atoms with E-state index in [1.54, 1.807) is 0 Å². The van der Waals surface area contributed by atoms with Gasteiger partial charge in [0, 0.05) is 38.5 Å². The third-order valence-electron chi connectivity index (χ3n) is 5.24. The van der Waals surface area contributed by atoms with Crippen molar-refractivity contribution < 1.29 is 14.6 Å². The van der Waals surface area contributed by atoms with Crippen molar-refractivity contribution in [1.29, 1.82) is 0 Å². The first-order valence-corrected chi connectivity index (χ1v) is 7.90. The van der Waals surface area contributed by atoms with Crippen molar-refractivity contribution in [2.24, 2.45) is 5.92 Å². The molecule has 3 fully saturated rings. The lowest BCUT2D eigenvalue weighted by molar-refractivity contribution is -0.141. The molecule has 2 N–H and O–H groups in total. The Morgan fingerprint density at radius 3 is 2.74 bits per heavy atom. The summed E-state index contributed by atoms with van der Waals surface area (Å²) in [6.45, 7) is 2.89. The number of aliphatic hydroxyl groups is 1. The van der Waals surface area contributed by atoms with Crippen molar-refractivity contribution in [3.05, 3.63) is 0 Å². The van der Waals surface area contributed by atoms with Crippen LogP contribution in [0, 0.1) is 5.92 Å². The fourth-order valence-corrected chi connectivity index (χ4v) is 4.04. The van der Waals surface area contributed by atoms with Gasteiger partial charge in [-0.2, -0.15) is 0 Å². The third kappa shape index (κ3) is 3.13. The van der Waals surface area contributed by atoms with Gasteiger partial charge in [0.1, 0.15) is 0 Å². The fraction of sp³-hybridized carbons (Fsp3) is 1.00. The molecule has 3 rings (SSSR count). The Kier molecular flexibility index (Phi) is 4.42. The van der Waals surface area contributed by atoms with Gasteiger partial charge in [0.25, 0.3) is 0 Å². The Labute approximate surface area is 115 Å². The molecule has 0 aromatic heterocycles. The molecule has 19 heavy (non-hydrogen) atoms. The molecule has 0 radical (unpaired) electrons. The van der Waals surface area contributed by atoms with Gasteiger partial charge in [-0.05, 0) is 44.4 Å². The summed E-state index contributed by atoms with van der Waals surface area (Å²) in [5, 5.41) is 13.2. The summed E-state index contributed by atoms with van der Waals surface area (Å²) in [6.07, 6.45) is 7.96. The van der Waals surface area contributed by atoms with Gasteiger partial charge in [0.05, 0.1) is 5.60 Å². The van der Waals surface area contributed by atoms with Gasteiger partial charge in [-0.3, -0.25) is 0 Å². The molecule has 0 amide bonds. The molecule has 1 saturated carbocycles. The quantitative estimate of drug-likeness (QED) is 0.814. The topological polar surface area (TPSA) is 50.7 Å². The van der Waals surface area contributed by atoms with Crippen molar-refractivity contribution >= 4 is 0 Å². The van der Waals surface area contributed by atoms with Crippen molar-refractivity contribution in [1.82, 2.24) is 5.32 Å². The van der Waals surface area contributed by atoms with Gasteiger partial charge in [-0.1, -0.05) is 6.42 Å². The van der Waals surface area contributed by atoms with Crippen LogP contribution in [0.5, 0.6) is 0 Å². The number of hydrogen-bond acceptors (Lipinski definition) is 4. The molecule has 2 aliphatic heterocycles. The van der Waals surface area contributed by atoms with E-state index in [0.29, 0.717) is 24.6 Å². The molecular formula is C15H27NO3. The van der Waals surface area contributed by atoms with Crippen molar-refractivity contribution in [3.63, 3.8) is 0 Å². The molecule has 3 atom stereocenters. The molecule has 1 spiro atoms. The Bertz CT molecular complexity index is 286. The van der Waals surface area contributed by atoms with Crippen LogP contribution in [0.15, 0.2) is 0 Å². The molecule has 1 aliphatic carbocycles. The summed E-state index contributed by atoms with van der Waals surface area (Å²) in [4.78, 5) is 0. The van der Waals surface area contributed by atoms with Crippen LogP contribution in [-0.4, -0.2) is 49.2 Å². The number of ether oxygens (including phenoxy) is 2. The number of hydrogen-bond donors (Lipinski definition) is 2. The monoisotopic (exact) mass is 269 g/mol. The number of aliphatic hydroxyl groups excluding tert-OH is 1. The SMILES string of the molecule is OCC1CCCC1NC1CCOC2(CCOCC2)C1. The van der Waals surface area contributed by atoms with Gasteiger partial charge < -0.3 is 19.9 Å². The lowest BCUT2D eigenvalue weighted by Crippen LogP contribution is -2.52. The van der Waals surface area contributed by atoms with Crippen LogP contribution in [-0.2, 0) is 9.47 Å². The van der Waals surface area contributed by atoms with Gasteiger partial charge in [-0.15, -0.1) is 0 Å². The second kappa shape index (κ2) is 6.08. The number of rotatable bonds is 3. The molecule has 4 heteroatoms. The highest BCUT2D eigenvalue weighted by atomic mass is 16.5. The minimum atomic E-state index is 0.0709. The van der Waals surface area contributed by atoms with Crippen LogP contribution < -0.4 is 5.32 Å². The molecule has 2 heterocycles. The summed E-state index contributed by atoms with van der Waals surface area (Å²) < 4.78 is 11.6. The first-order valence-electron chi connectivity index (χ1n) is 7.90. The summed E-state index contributed by atoms with van der Waals surface area (Å²) in [6, 6.07) is 1.08. The highest BCUT2D eigenvalue weighted by molar-refractivity contribution is 4.94. The zero-order valence-corrected chi connectivity index (χ0v) is 11.8. The lowest BCUT2D eigenvalue weighted by atomic mass is 9.83. The van der Waals surface area contributed by atoms with Crippen LogP contribution in [0.2, 0.25) is 0 Å². The van der Waals surface area contributed by atoms with Crippen LogP contribution in [0.3, 0.4) is 0 Å². The Morgan fingerprint density at radius 2 is 1.95 bits per heavy atom. The molecule has 3 unspecified atom stereocenters. The molecular weight excluding hydrogens is 242 g/mol. The van der Waals surface area contributed by atoms with Gasteiger partial charge in [0.15, 0.2) is 0 Å². The van der Waals surface area contributed by atoms with Crippen LogP contribution in [0.4, 0.5) is 0 Å². The normalized spacial score (nSPS) is 38.7. The number of nitrogens with one attached hydrogen (secondary N) is 1. The maximum atomic E-state index is 9.43. The first kappa shape index (κ1) is 13.8. The van der Waals surface area contributed by atoms with Crippen LogP contribution in [0.25, 0.3) is 0 Å². The molecule has 0 bridgehead atoms. The van der Waals surface area contributed by atoms with E-state index >= 15 is 0 Å². The summed E-state index contributed by atoms with van der Waals surface area (Å²) in [7, 11) is 0. The van der Waals surface area contributed by atoms with E-state index in [1.165, 1.54) is 19.3 Å². The molecule has 4 nitrogen and oxygen atoms in total. The standard InChI is InChI=1S/C15H27NO3/c17-11-12-2-1-3-14(12)16-13-4-7-19-15(10-13)5-8-18-9-6-15/h12-14,16-17H,1-11H2. The van der Waals surface area contributed by atoms with E-state index in [-0.39, 0.29) is 5.60 Å². The minimum Gasteiger partial charge on any atom is -0.396 e. The first-order chi connectivity index (χ1) is 9.31. The van der Waals surface area contributed by atoms with E-state index in [2.05, 4.69) is 5.32 Å². The second-order valence-corrected chi connectivity index (χ2v) is 6.48.